The summed E-state index contributed by atoms with van der Waals surface area (Å²) in [5.41, 5.74) is 0.706. The van der Waals surface area contributed by atoms with Gasteiger partial charge in [0.1, 0.15) is 17.6 Å². The van der Waals surface area contributed by atoms with Crippen molar-refractivity contribution < 1.29 is 19.0 Å². The largest absolute Gasteiger partial charge is 0.497 e. The van der Waals surface area contributed by atoms with Gasteiger partial charge in [-0.15, -0.1) is 0 Å². The molecule has 0 amide bonds. The predicted octanol–water partition coefficient (Wildman–Crippen LogP) is 2.49. The lowest BCUT2D eigenvalue weighted by Gasteiger charge is -2.17. The van der Waals surface area contributed by atoms with Gasteiger partial charge in [-0.05, 0) is 24.3 Å². The first kappa shape index (κ1) is 13.1. The Morgan fingerprint density at radius 2 is 2.06 bits per heavy atom. The van der Waals surface area contributed by atoms with Gasteiger partial charge in [0.05, 0.1) is 14.2 Å². The summed E-state index contributed by atoms with van der Waals surface area (Å²) in [6.07, 6.45) is 0.996. The van der Waals surface area contributed by atoms with Crippen LogP contribution in [0.25, 0.3) is 0 Å². The number of esters is 1. The molecule has 0 aliphatic rings. The van der Waals surface area contributed by atoms with Crippen LogP contribution in [0.5, 0.6) is 11.5 Å². The van der Waals surface area contributed by atoms with E-state index in [1.807, 2.05) is 0 Å². The quantitative estimate of drug-likeness (QED) is 0.582. The van der Waals surface area contributed by atoms with Gasteiger partial charge in [-0.2, -0.15) is 0 Å². The highest BCUT2D eigenvalue weighted by Gasteiger charge is 2.16. The van der Waals surface area contributed by atoms with Crippen molar-refractivity contribution in [3.63, 3.8) is 0 Å². The van der Waals surface area contributed by atoms with Gasteiger partial charge >= 0.3 is 5.97 Å². The number of hydrogen-bond acceptors (Lipinski definition) is 4. The van der Waals surface area contributed by atoms with Crippen molar-refractivity contribution in [2.24, 2.45) is 0 Å². The van der Waals surface area contributed by atoms with Gasteiger partial charge in [-0.25, -0.2) is 0 Å². The van der Waals surface area contributed by atoms with Crippen molar-refractivity contribution in [2.45, 2.75) is 13.0 Å². The molecule has 0 aliphatic heterocycles. The summed E-state index contributed by atoms with van der Waals surface area (Å²) in [4.78, 5) is 11.0. The van der Waals surface area contributed by atoms with Crippen molar-refractivity contribution in [3.05, 3.63) is 36.4 Å². The minimum Gasteiger partial charge on any atom is -0.497 e. The normalized spacial score (nSPS) is 11.5. The number of ether oxygens (including phenoxy) is 3. The Hall–Kier alpha value is -1.97. The number of carbonyl (C=O) groups is 1. The molecule has 0 radical (unpaired) electrons. The molecule has 0 spiro atoms. The van der Waals surface area contributed by atoms with Crippen LogP contribution in [0, 0.1) is 0 Å². The van der Waals surface area contributed by atoms with Crippen LogP contribution in [0.1, 0.15) is 18.6 Å². The van der Waals surface area contributed by atoms with Crippen LogP contribution in [0.3, 0.4) is 0 Å². The second-order valence-electron chi connectivity index (χ2n) is 3.37. The average Bonchev–Trinajstić information content (AvgIpc) is 2.34. The summed E-state index contributed by atoms with van der Waals surface area (Å²) < 4.78 is 15.5. The third-order valence-corrected chi connectivity index (χ3v) is 2.25. The molecule has 1 rings (SSSR count). The molecule has 4 heteroatoms. The molecule has 0 heterocycles. The first-order valence-electron chi connectivity index (χ1n) is 5.14. The van der Waals surface area contributed by atoms with E-state index in [4.69, 9.17) is 14.2 Å². The lowest BCUT2D eigenvalue weighted by atomic mass is 10.1. The Bertz CT molecular complexity index is 412. The molecule has 0 bridgehead atoms. The minimum absolute atomic E-state index is 0.375. The third-order valence-electron chi connectivity index (χ3n) is 2.25. The van der Waals surface area contributed by atoms with E-state index in [0.29, 0.717) is 17.1 Å². The molecular formula is C13H16O4. The fraction of sp³-hybridized carbons (Fsp3) is 0.308. The lowest BCUT2D eigenvalue weighted by molar-refractivity contribution is -0.144. The van der Waals surface area contributed by atoms with E-state index >= 15 is 0 Å². The van der Waals surface area contributed by atoms with Gasteiger partial charge in [0.15, 0.2) is 0 Å². The van der Waals surface area contributed by atoms with Gasteiger partial charge in [0.2, 0.25) is 0 Å². The maximum atomic E-state index is 11.0. The minimum atomic E-state index is -0.544. The fourth-order valence-corrected chi connectivity index (χ4v) is 1.48. The molecule has 0 N–H and O–H groups in total. The van der Waals surface area contributed by atoms with Gasteiger partial charge in [-0.1, -0.05) is 6.58 Å². The van der Waals surface area contributed by atoms with Crippen LogP contribution >= 0.6 is 0 Å². The SMILES string of the molecule is C=CC(OC(C)=O)c1cc(OC)ccc1OC. The third kappa shape index (κ3) is 3.24. The van der Waals surface area contributed by atoms with E-state index in [1.54, 1.807) is 38.5 Å². The number of hydrogen-bond donors (Lipinski definition) is 0. The van der Waals surface area contributed by atoms with Crippen molar-refractivity contribution in [1.82, 2.24) is 0 Å². The standard InChI is InChI=1S/C13H16O4/c1-5-12(17-9(2)14)11-8-10(15-3)6-7-13(11)16-4/h5-8,12H,1H2,2-4H3. The van der Waals surface area contributed by atoms with Gasteiger partial charge in [-0.3, -0.25) is 4.79 Å². The monoisotopic (exact) mass is 236 g/mol. The molecule has 0 saturated heterocycles. The smallest absolute Gasteiger partial charge is 0.303 e. The van der Waals surface area contributed by atoms with Crippen molar-refractivity contribution >= 4 is 5.97 Å². The highest BCUT2D eigenvalue weighted by atomic mass is 16.5. The highest BCUT2D eigenvalue weighted by molar-refractivity contribution is 5.66. The first-order chi connectivity index (χ1) is 8.12. The van der Waals surface area contributed by atoms with Crippen LogP contribution in [-0.4, -0.2) is 20.2 Å². The van der Waals surface area contributed by atoms with Gasteiger partial charge in [0, 0.05) is 12.5 Å². The van der Waals surface area contributed by atoms with Crippen molar-refractivity contribution in [1.29, 1.82) is 0 Å². The molecule has 0 aliphatic carbocycles. The molecule has 0 fully saturated rings. The molecular weight excluding hydrogens is 220 g/mol. The van der Waals surface area contributed by atoms with Gasteiger partial charge in [0.25, 0.3) is 0 Å². The second-order valence-corrected chi connectivity index (χ2v) is 3.37. The van der Waals surface area contributed by atoms with Crippen LogP contribution in [0.4, 0.5) is 0 Å². The summed E-state index contributed by atoms with van der Waals surface area (Å²) in [5, 5.41) is 0. The van der Waals surface area contributed by atoms with E-state index in [1.165, 1.54) is 6.92 Å². The lowest BCUT2D eigenvalue weighted by Crippen LogP contribution is -2.07. The summed E-state index contributed by atoms with van der Waals surface area (Å²) >= 11 is 0. The number of carbonyl (C=O) groups excluding carboxylic acids is 1. The first-order valence-corrected chi connectivity index (χ1v) is 5.14. The van der Waals surface area contributed by atoms with Crippen LogP contribution in [0.15, 0.2) is 30.9 Å². The molecule has 17 heavy (non-hydrogen) atoms. The number of benzene rings is 1. The fourth-order valence-electron chi connectivity index (χ4n) is 1.48. The number of rotatable bonds is 5. The zero-order valence-electron chi connectivity index (χ0n) is 10.2. The van der Waals surface area contributed by atoms with Crippen LogP contribution in [0.2, 0.25) is 0 Å². The molecule has 92 valence electrons. The summed E-state index contributed by atoms with van der Waals surface area (Å²) in [6.45, 7) is 5.00. The number of methoxy groups -OCH3 is 2. The second kappa shape index (κ2) is 5.94. The van der Waals surface area contributed by atoms with E-state index < -0.39 is 6.10 Å². The maximum absolute atomic E-state index is 11.0. The van der Waals surface area contributed by atoms with Crippen molar-refractivity contribution in [3.8, 4) is 11.5 Å². The Morgan fingerprint density at radius 1 is 1.35 bits per heavy atom. The van der Waals surface area contributed by atoms with E-state index in [2.05, 4.69) is 6.58 Å². The molecule has 1 aromatic rings. The van der Waals surface area contributed by atoms with Crippen LogP contribution in [-0.2, 0) is 9.53 Å². The summed E-state index contributed by atoms with van der Waals surface area (Å²) in [6, 6.07) is 5.29. The molecule has 0 saturated carbocycles. The maximum Gasteiger partial charge on any atom is 0.303 e. The average molecular weight is 236 g/mol. The Balaban J connectivity index is 3.14. The summed E-state index contributed by atoms with van der Waals surface area (Å²) in [7, 11) is 3.12. The summed E-state index contributed by atoms with van der Waals surface area (Å²) in [5.74, 6) is 0.913. The Kier molecular flexibility index (Phi) is 4.57. The highest BCUT2D eigenvalue weighted by Crippen LogP contribution is 2.31. The zero-order chi connectivity index (χ0) is 12.8. The van der Waals surface area contributed by atoms with E-state index in [0.717, 1.165) is 0 Å². The Morgan fingerprint density at radius 3 is 2.53 bits per heavy atom. The molecule has 1 aromatic carbocycles. The molecule has 0 aromatic heterocycles. The zero-order valence-corrected chi connectivity index (χ0v) is 10.2. The van der Waals surface area contributed by atoms with Gasteiger partial charge < -0.3 is 14.2 Å². The predicted molar refractivity (Wildman–Crippen MR) is 64.3 cm³/mol. The van der Waals surface area contributed by atoms with E-state index in [-0.39, 0.29) is 5.97 Å². The van der Waals surface area contributed by atoms with E-state index in [9.17, 15) is 4.79 Å². The van der Waals surface area contributed by atoms with Crippen molar-refractivity contribution in [2.75, 3.05) is 14.2 Å². The molecule has 1 atom stereocenters. The molecule has 1 unspecified atom stereocenters. The van der Waals surface area contributed by atoms with Crippen LogP contribution < -0.4 is 9.47 Å². The topological polar surface area (TPSA) is 44.8 Å². The molecule has 4 nitrogen and oxygen atoms in total. The Labute approximate surface area is 101 Å².